The third kappa shape index (κ3) is 3.49. The SMILES string of the molecule is COc1ccc([N+](=O)[O-])cc1CNCc1cncs1. The van der Waals surface area contributed by atoms with Gasteiger partial charge < -0.3 is 10.1 Å². The van der Waals surface area contributed by atoms with Crippen LogP contribution in [0.3, 0.4) is 0 Å². The fourth-order valence-corrected chi connectivity index (χ4v) is 2.23. The molecule has 7 heteroatoms. The number of rotatable bonds is 6. The average Bonchev–Trinajstić information content (AvgIpc) is 2.91. The first-order chi connectivity index (χ1) is 9.20. The summed E-state index contributed by atoms with van der Waals surface area (Å²) in [5.74, 6) is 0.641. The van der Waals surface area contributed by atoms with Gasteiger partial charge in [-0.2, -0.15) is 0 Å². The molecular weight excluding hydrogens is 266 g/mol. The smallest absolute Gasteiger partial charge is 0.270 e. The van der Waals surface area contributed by atoms with Crippen LogP contribution in [0.4, 0.5) is 5.69 Å². The summed E-state index contributed by atoms with van der Waals surface area (Å²) >= 11 is 1.56. The Balaban J connectivity index is 2.04. The molecule has 0 aliphatic carbocycles. The Morgan fingerprint density at radius 2 is 2.32 bits per heavy atom. The van der Waals surface area contributed by atoms with Crippen molar-refractivity contribution in [3.05, 3.63) is 50.5 Å². The van der Waals surface area contributed by atoms with Crippen LogP contribution >= 0.6 is 11.3 Å². The molecule has 0 aliphatic rings. The lowest BCUT2D eigenvalue weighted by atomic mass is 10.1. The van der Waals surface area contributed by atoms with Gasteiger partial charge in [-0.05, 0) is 6.07 Å². The molecule has 19 heavy (non-hydrogen) atoms. The highest BCUT2D eigenvalue weighted by atomic mass is 32.1. The average molecular weight is 279 g/mol. The molecule has 0 saturated heterocycles. The summed E-state index contributed by atoms with van der Waals surface area (Å²) in [7, 11) is 1.55. The topological polar surface area (TPSA) is 77.3 Å². The standard InChI is InChI=1S/C12H13N3O3S/c1-18-12-3-2-10(15(16)17)4-9(12)5-13-6-11-7-14-8-19-11/h2-4,7-8,13H,5-6H2,1H3. The maximum absolute atomic E-state index is 10.8. The molecule has 0 unspecified atom stereocenters. The predicted octanol–water partition coefficient (Wildman–Crippen LogP) is 2.35. The van der Waals surface area contributed by atoms with Crippen molar-refractivity contribution in [1.29, 1.82) is 0 Å². The van der Waals surface area contributed by atoms with E-state index in [-0.39, 0.29) is 5.69 Å². The summed E-state index contributed by atoms with van der Waals surface area (Å²) in [6, 6.07) is 4.58. The Hall–Kier alpha value is -1.99. The van der Waals surface area contributed by atoms with Crippen LogP contribution in [0.1, 0.15) is 10.4 Å². The number of nitro benzene ring substituents is 1. The van der Waals surface area contributed by atoms with Crippen molar-refractivity contribution in [3.8, 4) is 5.75 Å². The minimum absolute atomic E-state index is 0.0652. The first-order valence-electron chi connectivity index (χ1n) is 5.60. The van der Waals surface area contributed by atoms with Crippen LogP contribution < -0.4 is 10.1 Å². The van der Waals surface area contributed by atoms with Gasteiger partial charge in [0.1, 0.15) is 5.75 Å². The number of ether oxygens (including phenoxy) is 1. The Morgan fingerprint density at radius 1 is 1.47 bits per heavy atom. The van der Waals surface area contributed by atoms with Gasteiger partial charge in [0.2, 0.25) is 0 Å². The number of hydrogen-bond acceptors (Lipinski definition) is 6. The molecule has 0 saturated carbocycles. The highest BCUT2D eigenvalue weighted by Crippen LogP contribution is 2.23. The third-order valence-corrected chi connectivity index (χ3v) is 3.35. The molecule has 0 amide bonds. The number of nitro groups is 1. The van der Waals surface area contributed by atoms with Gasteiger partial charge in [0.05, 0.1) is 17.5 Å². The summed E-state index contributed by atoms with van der Waals surface area (Å²) in [6.45, 7) is 1.18. The lowest BCUT2D eigenvalue weighted by molar-refractivity contribution is -0.384. The Kier molecular flexibility index (Phi) is 4.43. The number of hydrogen-bond donors (Lipinski definition) is 1. The minimum atomic E-state index is -0.411. The Labute approximate surface area is 114 Å². The summed E-state index contributed by atoms with van der Waals surface area (Å²) < 4.78 is 5.20. The fraction of sp³-hybridized carbons (Fsp3) is 0.250. The number of aromatic nitrogens is 1. The highest BCUT2D eigenvalue weighted by Gasteiger charge is 2.11. The number of thiazole rings is 1. The van der Waals surface area contributed by atoms with Crippen LogP contribution in [0.15, 0.2) is 29.9 Å². The van der Waals surface area contributed by atoms with Gasteiger partial charge in [-0.15, -0.1) is 11.3 Å². The number of methoxy groups -OCH3 is 1. The number of non-ortho nitro benzene ring substituents is 1. The van der Waals surface area contributed by atoms with Crippen LogP contribution in [-0.2, 0) is 13.1 Å². The van der Waals surface area contributed by atoms with E-state index < -0.39 is 4.92 Å². The molecule has 0 atom stereocenters. The Bertz CT molecular complexity index is 557. The molecule has 0 aliphatic heterocycles. The van der Waals surface area contributed by atoms with E-state index in [9.17, 15) is 10.1 Å². The van der Waals surface area contributed by atoms with Crippen molar-refractivity contribution in [1.82, 2.24) is 10.3 Å². The zero-order valence-corrected chi connectivity index (χ0v) is 11.1. The zero-order valence-electron chi connectivity index (χ0n) is 10.3. The second-order valence-corrected chi connectivity index (χ2v) is 4.80. The maximum atomic E-state index is 10.8. The first-order valence-corrected chi connectivity index (χ1v) is 6.48. The van der Waals surface area contributed by atoms with E-state index in [0.29, 0.717) is 18.8 Å². The van der Waals surface area contributed by atoms with Crippen LogP contribution in [0, 0.1) is 10.1 Å². The number of benzene rings is 1. The lowest BCUT2D eigenvalue weighted by Gasteiger charge is -2.08. The molecule has 2 aromatic rings. The van der Waals surface area contributed by atoms with E-state index in [1.54, 1.807) is 36.2 Å². The van der Waals surface area contributed by atoms with Crippen molar-refractivity contribution in [2.75, 3.05) is 7.11 Å². The molecule has 0 radical (unpaired) electrons. The van der Waals surface area contributed by atoms with Crippen LogP contribution in [-0.4, -0.2) is 17.0 Å². The van der Waals surface area contributed by atoms with Gasteiger partial charge in [-0.25, -0.2) is 0 Å². The molecule has 2 rings (SSSR count). The van der Waals surface area contributed by atoms with Gasteiger partial charge in [0.15, 0.2) is 0 Å². The number of nitrogens with zero attached hydrogens (tertiary/aromatic N) is 2. The quantitative estimate of drug-likeness (QED) is 0.648. The predicted molar refractivity (Wildman–Crippen MR) is 72.3 cm³/mol. The molecule has 6 nitrogen and oxygen atoms in total. The molecule has 0 fully saturated rings. The summed E-state index contributed by atoms with van der Waals surface area (Å²) in [6.07, 6.45) is 1.79. The van der Waals surface area contributed by atoms with Crippen LogP contribution in [0.25, 0.3) is 0 Å². The van der Waals surface area contributed by atoms with Crippen LogP contribution in [0.5, 0.6) is 5.75 Å². The van der Waals surface area contributed by atoms with Gasteiger partial charge in [-0.1, -0.05) is 0 Å². The van der Waals surface area contributed by atoms with E-state index in [2.05, 4.69) is 10.3 Å². The van der Waals surface area contributed by atoms with E-state index in [0.717, 1.165) is 10.4 Å². The van der Waals surface area contributed by atoms with Crippen molar-refractivity contribution < 1.29 is 9.66 Å². The largest absolute Gasteiger partial charge is 0.496 e. The van der Waals surface area contributed by atoms with Gasteiger partial charge in [-0.3, -0.25) is 15.1 Å². The number of nitrogens with one attached hydrogen (secondary N) is 1. The normalized spacial score (nSPS) is 10.4. The van der Waals surface area contributed by atoms with Crippen molar-refractivity contribution in [3.63, 3.8) is 0 Å². The van der Waals surface area contributed by atoms with E-state index in [1.165, 1.54) is 12.1 Å². The van der Waals surface area contributed by atoms with Gasteiger partial charge >= 0.3 is 0 Å². The minimum Gasteiger partial charge on any atom is -0.496 e. The second kappa shape index (κ2) is 6.26. The molecule has 0 spiro atoms. The molecule has 1 heterocycles. The fourth-order valence-electron chi connectivity index (χ4n) is 1.67. The van der Waals surface area contributed by atoms with Gasteiger partial charge in [0, 0.05) is 41.9 Å². The van der Waals surface area contributed by atoms with E-state index in [1.807, 2.05) is 0 Å². The molecular formula is C12H13N3O3S. The summed E-state index contributed by atoms with van der Waals surface area (Å²) in [4.78, 5) is 15.4. The van der Waals surface area contributed by atoms with E-state index in [4.69, 9.17) is 4.74 Å². The van der Waals surface area contributed by atoms with Gasteiger partial charge in [0.25, 0.3) is 5.69 Å². The monoisotopic (exact) mass is 279 g/mol. The molecule has 1 aromatic heterocycles. The van der Waals surface area contributed by atoms with E-state index >= 15 is 0 Å². The molecule has 1 N–H and O–H groups in total. The maximum Gasteiger partial charge on any atom is 0.270 e. The van der Waals surface area contributed by atoms with Crippen molar-refractivity contribution >= 4 is 17.0 Å². The summed E-state index contributed by atoms with van der Waals surface area (Å²) in [5.41, 5.74) is 2.60. The highest BCUT2D eigenvalue weighted by molar-refractivity contribution is 7.09. The summed E-state index contributed by atoms with van der Waals surface area (Å²) in [5, 5.41) is 14.0. The van der Waals surface area contributed by atoms with Crippen molar-refractivity contribution in [2.45, 2.75) is 13.1 Å². The zero-order chi connectivity index (χ0) is 13.7. The lowest BCUT2D eigenvalue weighted by Crippen LogP contribution is -2.12. The third-order valence-electron chi connectivity index (χ3n) is 2.57. The first kappa shape index (κ1) is 13.4. The molecule has 0 bridgehead atoms. The molecule has 1 aromatic carbocycles. The van der Waals surface area contributed by atoms with Crippen LogP contribution in [0.2, 0.25) is 0 Å². The van der Waals surface area contributed by atoms with Crippen molar-refractivity contribution in [2.24, 2.45) is 0 Å². The Morgan fingerprint density at radius 3 is 2.95 bits per heavy atom. The molecule has 100 valence electrons. The second-order valence-electron chi connectivity index (χ2n) is 3.82.